The Morgan fingerprint density at radius 1 is 1.32 bits per heavy atom. The third-order valence-corrected chi connectivity index (χ3v) is 3.37. The molecule has 19 heavy (non-hydrogen) atoms. The standard InChI is InChI=1S/C13H11BrN2O3/c1-16-10(15)6-9(11(12(16)17)13(18)19)7-2-4-8(14)5-3-7/h2-6H,15H2,1H3,(H,18,19). The van der Waals surface area contributed by atoms with E-state index in [0.717, 1.165) is 9.04 Å². The first-order valence-electron chi connectivity index (χ1n) is 5.40. The fourth-order valence-electron chi connectivity index (χ4n) is 1.78. The van der Waals surface area contributed by atoms with Crippen LogP contribution >= 0.6 is 15.9 Å². The van der Waals surface area contributed by atoms with Crippen LogP contribution in [0.25, 0.3) is 11.1 Å². The number of nitrogens with zero attached hydrogens (tertiary/aromatic N) is 1. The Balaban J connectivity index is 2.79. The van der Waals surface area contributed by atoms with Gasteiger partial charge in [-0.1, -0.05) is 28.1 Å². The molecule has 0 atom stereocenters. The Hall–Kier alpha value is -2.08. The zero-order valence-electron chi connectivity index (χ0n) is 10.1. The molecule has 0 saturated heterocycles. The monoisotopic (exact) mass is 322 g/mol. The first-order chi connectivity index (χ1) is 8.91. The number of halogens is 1. The number of rotatable bonds is 2. The van der Waals surface area contributed by atoms with Crippen molar-refractivity contribution in [3.05, 3.63) is 50.7 Å². The number of nitrogens with two attached hydrogens (primary N) is 1. The molecule has 1 aromatic heterocycles. The molecule has 0 fully saturated rings. The minimum atomic E-state index is -1.27. The van der Waals surface area contributed by atoms with Gasteiger partial charge in [-0.15, -0.1) is 0 Å². The van der Waals surface area contributed by atoms with E-state index < -0.39 is 11.5 Å². The predicted octanol–water partition coefficient (Wildman–Crippen LogP) is 2.10. The van der Waals surface area contributed by atoms with Crippen molar-refractivity contribution >= 4 is 27.7 Å². The summed E-state index contributed by atoms with van der Waals surface area (Å²) >= 11 is 3.30. The molecule has 0 amide bonds. The summed E-state index contributed by atoms with van der Waals surface area (Å²) in [6, 6.07) is 8.49. The van der Waals surface area contributed by atoms with E-state index in [1.54, 1.807) is 24.3 Å². The van der Waals surface area contributed by atoms with Crippen molar-refractivity contribution in [1.29, 1.82) is 0 Å². The maximum absolute atomic E-state index is 12.0. The molecule has 0 saturated carbocycles. The van der Waals surface area contributed by atoms with Crippen molar-refractivity contribution in [3.63, 3.8) is 0 Å². The van der Waals surface area contributed by atoms with Crippen molar-refractivity contribution in [1.82, 2.24) is 4.57 Å². The normalized spacial score (nSPS) is 10.4. The van der Waals surface area contributed by atoms with E-state index in [-0.39, 0.29) is 11.4 Å². The molecule has 3 N–H and O–H groups in total. The van der Waals surface area contributed by atoms with E-state index in [9.17, 15) is 14.7 Å². The number of nitrogen functional groups attached to an aromatic ring is 1. The van der Waals surface area contributed by atoms with Crippen LogP contribution in [-0.2, 0) is 7.05 Å². The predicted molar refractivity (Wildman–Crippen MR) is 76.2 cm³/mol. The fourth-order valence-corrected chi connectivity index (χ4v) is 2.05. The van der Waals surface area contributed by atoms with E-state index >= 15 is 0 Å². The number of carboxylic acid groups (broad SMARTS) is 1. The number of hydrogen-bond acceptors (Lipinski definition) is 3. The molecule has 0 radical (unpaired) electrons. The van der Waals surface area contributed by atoms with Crippen LogP contribution in [0.1, 0.15) is 10.4 Å². The van der Waals surface area contributed by atoms with Crippen LogP contribution in [0.2, 0.25) is 0 Å². The minimum Gasteiger partial charge on any atom is -0.477 e. The Morgan fingerprint density at radius 2 is 1.89 bits per heavy atom. The summed E-state index contributed by atoms with van der Waals surface area (Å²) in [7, 11) is 1.44. The van der Waals surface area contributed by atoms with Crippen LogP contribution in [0.3, 0.4) is 0 Å². The molecule has 0 aliphatic rings. The highest BCUT2D eigenvalue weighted by molar-refractivity contribution is 9.10. The van der Waals surface area contributed by atoms with Gasteiger partial charge in [-0.2, -0.15) is 0 Å². The second-order valence-corrected chi connectivity index (χ2v) is 4.95. The van der Waals surface area contributed by atoms with E-state index in [2.05, 4.69) is 15.9 Å². The van der Waals surface area contributed by atoms with Crippen LogP contribution in [0.4, 0.5) is 5.82 Å². The van der Waals surface area contributed by atoms with Crippen LogP contribution in [-0.4, -0.2) is 15.6 Å². The van der Waals surface area contributed by atoms with Gasteiger partial charge in [0.25, 0.3) is 5.56 Å². The van der Waals surface area contributed by atoms with Crippen molar-refractivity contribution in [2.24, 2.45) is 7.05 Å². The molecule has 1 heterocycles. The molecule has 1 aromatic carbocycles. The lowest BCUT2D eigenvalue weighted by molar-refractivity contribution is 0.0695. The van der Waals surface area contributed by atoms with Gasteiger partial charge in [0, 0.05) is 17.1 Å². The minimum absolute atomic E-state index is 0.216. The largest absolute Gasteiger partial charge is 0.477 e. The van der Waals surface area contributed by atoms with Gasteiger partial charge >= 0.3 is 5.97 Å². The summed E-state index contributed by atoms with van der Waals surface area (Å²) in [6.45, 7) is 0. The quantitative estimate of drug-likeness (QED) is 0.886. The summed E-state index contributed by atoms with van der Waals surface area (Å²) in [5, 5.41) is 9.21. The van der Waals surface area contributed by atoms with E-state index in [1.165, 1.54) is 13.1 Å². The second-order valence-electron chi connectivity index (χ2n) is 4.03. The van der Waals surface area contributed by atoms with Gasteiger partial charge in [-0.3, -0.25) is 9.36 Å². The number of benzene rings is 1. The summed E-state index contributed by atoms with van der Waals surface area (Å²) in [5.41, 5.74) is 5.77. The maximum Gasteiger partial charge on any atom is 0.341 e. The second kappa shape index (κ2) is 4.89. The molecule has 98 valence electrons. The van der Waals surface area contributed by atoms with Gasteiger partial charge in [0.1, 0.15) is 11.4 Å². The molecule has 0 bridgehead atoms. The molecule has 5 nitrogen and oxygen atoms in total. The summed E-state index contributed by atoms with van der Waals surface area (Å²) in [5.74, 6) is -1.05. The topological polar surface area (TPSA) is 85.3 Å². The first kappa shape index (κ1) is 13.4. The lowest BCUT2D eigenvalue weighted by Gasteiger charge is -2.10. The van der Waals surface area contributed by atoms with Crippen molar-refractivity contribution in [2.75, 3.05) is 5.73 Å². The number of carboxylic acids is 1. The molecule has 0 unspecified atom stereocenters. The maximum atomic E-state index is 12.0. The highest BCUT2D eigenvalue weighted by Crippen LogP contribution is 2.25. The zero-order valence-corrected chi connectivity index (χ0v) is 11.6. The third-order valence-electron chi connectivity index (χ3n) is 2.84. The molecule has 0 aliphatic carbocycles. The van der Waals surface area contributed by atoms with Crippen molar-refractivity contribution in [3.8, 4) is 11.1 Å². The molecule has 0 spiro atoms. The van der Waals surface area contributed by atoms with Gasteiger partial charge in [-0.25, -0.2) is 4.79 Å². The van der Waals surface area contributed by atoms with Gasteiger partial charge in [0.2, 0.25) is 0 Å². The van der Waals surface area contributed by atoms with Crippen molar-refractivity contribution in [2.45, 2.75) is 0 Å². The number of hydrogen-bond donors (Lipinski definition) is 2. The summed E-state index contributed by atoms with van der Waals surface area (Å²) in [4.78, 5) is 23.3. The number of aromatic nitrogens is 1. The zero-order chi connectivity index (χ0) is 14.2. The molecular formula is C13H11BrN2O3. The summed E-state index contributed by atoms with van der Waals surface area (Å²) < 4.78 is 1.98. The van der Waals surface area contributed by atoms with Crippen molar-refractivity contribution < 1.29 is 9.90 Å². The average molecular weight is 323 g/mol. The van der Waals surface area contributed by atoms with Gasteiger partial charge < -0.3 is 10.8 Å². The lowest BCUT2D eigenvalue weighted by atomic mass is 10.0. The smallest absolute Gasteiger partial charge is 0.341 e. The first-order valence-corrected chi connectivity index (χ1v) is 6.20. The summed E-state index contributed by atoms with van der Waals surface area (Å²) in [6.07, 6.45) is 0. The van der Waals surface area contributed by atoms with E-state index in [4.69, 9.17) is 5.73 Å². The van der Waals surface area contributed by atoms with Gasteiger partial charge in [0.05, 0.1) is 0 Å². The Labute approximate surface area is 117 Å². The number of aromatic carboxylic acids is 1. The lowest BCUT2D eigenvalue weighted by Crippen LogP contribution is -2.27. The van der Waals surface area contributed by atoms with E-state index in [0.29, 0.717) is 11.1 Å². The highest BCUT2D eigenvalue weighted by Gasteiger charge is 2.19. The Kier molecular flexibility index (Phi) is 3.44. The Morgan fingerprint density at radius 3 is 2.42 bits per heavy atom. The molecule has 2 aromatic rings. The van der Waals surface area contributed by atoms with Crippen LogP contribution < -0.4 is 11.3 Å². The Bertz CT molecular complexity index is 705. The average Bonchev–Trinajstić information content (AvgIpc) is 2.36. The number of carbonyl (C=O) groups is 1. The molecule has 2 rings (SSSR count). The number of pyridine rings is 1. The van der Waals surface area contributed by atoms with E-state index in [1.807, 2.05) is 0 Å². The molecule has 6 heteroatoms. The highest BCUT2D eigenvalue weighted by atomic mass is 79.9. The third kappa shape index (κ3) is 2.39. The van der Waals surface area contributed by atoms with Crippen LogP contribution in [0.5, 0.6) is 0 Å². The van der Waals surface area contributed by atoms with Gasteiger partial charge in [0.15, 0.2) is 0 Å². The molecular weight excluding hydrogens is 312 g/mol. The SMILES string of the molecule is Cn1c(N)cc(-c2ccc(Br)cc2)c(C(=O)O)c1=O. The molecule has 0 aliphatic heterocycles. The fraction of sp³-hybridized carbons (Fsp3) is 0.0769. The van der Waals surface area contributed by atoms with Crippen LogP contribution in [0, 0.1) is 0 Å². The number of anilines is 1. The van der Waals surface area contributed by atoms with Crippen LogP contribution in [0.15, 0.2) is 39.6 Å². The van der Waals surface area contributed by atoms with Gasteiger partial charge in [-0.05, 0) is 23.8 Å².